The largest absolute Gasteiger partial charge is 0.396 e. The van der Waals surface area contributed by atoms with E-state index >= 15 is 0 Å². The van der Waals surface area contributed by atoms with Crippen molar-refractivity contribution in [3.05, 3.63) is 41.7 Å². The second-order valence-corrected chi connectivity index (χ2v) is 5.57. The number of rotatable bonds is 6. The number of nitrogens with zero attached hydrogens (tertiary/aromatic N) is 4. The van der Waals surface area contributed by atoms with Crippen LogP contribution in [0.4, 0.5) is 17.5 Å². The Hall–Kier alpha value is -2.80. The summed E-state index contributed by atoms with van der Waals surface area (Å²) in [7, 11) is 0. The average molecular weight is 324 g/mol. The number of aromatic nitrogens is 4. The van der Waals surface area contributed by atoms with Crippen LogP contribution in [0.2, 0.25) is 0 Å². The third-order valence-electron chi connectivity index (χ3n) is 3.59. The number of hydrogen-bond donors (Lipinski definition) is 3. The van der Waals surface area contributed by atoms with Crippen molar-refractivity contribution in [3.63, 3.8) is 0 Å². The molecule has 0 atom stereocenters. The molecule has 2 heterocycles. The zero-order chi connectivity index (χ0) is 16.9. The Kier molecular flexibility index (Phi) is 4.81. The Morgan fingerprint density at radius 3 is 2.71 bits per heavy atom. The van der Waals surface area contributed by atoms with Crippen LogP contribution in [-0.2, 0) is 0 Å². The Labute approximate surface area is 140 Å². The SMILES string of the molecule is Cc1ccc(Nc2nc(NCCCO)nc3nccnc23)c(C)c1. The van der Waals surface area contributed by atoms with E-state index in [9.17, 15) is 0 Å². The molecule has 3 N–H and O–H groups in total. The van der Waals surface area contributed by atoms with Crippen LogP contribution in [-0.4, -0.2) is 38.2 Å². The maximum absolute atomic E-state index is 8.90. The molecular formula is C17H20N6O. The number of aryl methyl sites for hydroxylation is 2. The molecule has 0 saturated carbocycles. The predicted octanol–water partition coefficient (Wildman–Crippen LogP) is 2.57. The lowest BCUT2D eigenvalue weighted by Gasteiger charge is -2.12. The highest BCUT2D eigenvalue weighted by molar-refractivity contribution is 5.86. The predicted molar refractivity (Wildman–Crippen MR) is 94.5 cm³/mol. The lowest BCUT2D eigenvalue weighted by Crippen LogP contribution is -2.09. The molecule has 0 amide bonds. The zero-order valence-electron chi connectivity index (χ0n) is 13.7. The van der Waals surface area contributed by atoms with Gasteiger partial charge in [0.15, 0.2) is 17.0 Å². The molecule has 0 fully saturated rings. The summed E-state index contributed by atoms with van der Waals surface area (Å²) in [5, 5.41) is 15.3. The van der Waals surface area contributed by atoms with Crippen LogP contribution in [0.25, 0.3) is 11.2 Å². The summed E-state index contributed by atoms with van der Waals surface area (Å²) in [6.07, 6.45) is 3.85. The number of aliphatic hydroxyl groups is 1. The highest BCUT2D eigenvalue weighted by Gasteiger charge is 2.11. The van der Waals surface area contributed by atoms with E-state index in [1.807, 2.05) is 19.1 Å². The van der Waals surface area contributed by atoms with Crippen LogP contribution >= 0.6 is 0 Å². The highest BCUT2D eigenvalue weighted by Crippen LogP contribution is 2.25. The van der Waals surface area contributed by atoms with Gasteiger partial charge in [-0.1, -0.05) is 17.7 Å². The summed E-state index contributed by atoms with van der Waals surface area (Å²) >= 11 is 0. The normalized spacial score (nSPS) is 10.8. The van der Waals surface area contributed by atoms with E-state index in [1.165, 1.54) is 5.56 Å². The quantitative estimate of drug-likeness (QED) is 0.600. The van der Waals surface area contributed by atoms with Gasteiger partial charge in [-0.15, -0.1) is 0 Å². The summed E-state index contributed by atoms with van der Waals surface area (Å²) in [5.41, 5.74) is 4.43. The van der Waals surface area contributed by atoms with Crippen molar-refractivity contribution in [3.8, 4) is 0 Å². The third kappa shape index (κ3) is 3.57. The van der Waals surface area contributed by atoms with Gasteiger partial charge in [-0.05, 0) is 31.9 Å². The van der Waals surface area contributed by atoms with Crippen molar-refractivity contribution in [2.24, 2.45) is 0 Å². The topological polar surface area (TPSA) is 95.9 Å². The van der Waals surface area contributed by atoms with Gasteiger partial charge >= 0.3 is 0 Å². The fraction of sp³-hybridized carbons (Fsp3) is 0.294. The second kappa shape index (κ2) is 7.18. The van der Waals surface area contributed by atoms with E-state index in [2.05, 4.69) is 43.6 Å². The number of hydrogen-bond acceptors (Lipinski definition) is 7. The maximum atomic E-state index is 8.90. The molecule has 0 spiro atoms. The van der Waals surface area contributed by atoms with Gasteiger partial charge in [-0.25, -0.2) is 9.97 Å². The molecule has 0 bridgehead atoms. The molecule has 0 radical (unpaired) electrons. The minimum absolute atomic E-state index is 0.119. The first kappa shape index (κ1) is 16.1. The monoisotopic (exact) mass is 324 g/mol. The molecule has 0 unspecified atom stereocenters. The van der Waals surface area contributed by atoms with E-state index in [4.69, 9.17) is 5.11 Å². The average Bonchev–Trinajstić information content (AvgIpc) is 2.57. The number of anilines is 3. The molecule has 0 aliphatic carbocycles. The molecule has 0 saturated heterocycles. The van der Waals surface area contributed by atoms with Gasteiger partial charge in [0.25, 0.3) is 0 Å². The summed E-state index contributed by atoms with van der Waals surface area (Å²) in [5.74, 6) is 1.07. The summed E-state index contributed by atoms with van der Waals surface area (Å²) in [4.78, 5) is 17.5. The van der Waals surface area contributed by atoms with Crippen molar-refractivity contribution in [2.45, 2.75) is 20.3 Å². The maximum Gasteiger partial charge on any atom is 0.226 e. The van der Waals surface area contributed by atoms with E-state index in [1.54, 1.807) is 12.4 Å². The molecular weight excluding hydrogens is 304 g/mol. The Morgan fingerprint density at radius 2 is 1.92 bits per heavy atom. The van der Waals surface area contributed by atoms with Crippen molar-refractivity contribution < 1.29 is 5.11 Å². The summed E-state index contributed by atoms with van der Waals surface area (Å²) in [6, 6.07) is 6.18. The van der Waals surface area contributed by atoms with Crippen LogP contribution in [0.15, 0.2) is 30.6 Å². The highest BCUT2D eigenvalue weighted by atomic mass is 16.3. The molecule has 3 rings (SSSR count). The molecule has 124 valence electrons. The van der Waals surface area contributed by atoms with E-state index in [0.717, 1.165) is 11.3 Å². The minimum atomic E-state index is 0.119. The van der Waals surface area contributed by atoms with Crippen molar-refractivity contribution in [2.75, 3.05) is 23.8 Å². The first-order valence-electron chi connectivity index (χ1n) is 7.85. The number of aliphatic hydroxyl groups excluding tert-OH is 1. The van der Waals surface area contributed by atoms with Crippen LogP contribution in [0.1, 0.15) is 17.5 Å². The number of benzene rings is 1. The van der Waals surface area contributed by atoms with Crippen molar-refractivity contribution in [1.82, 2.24) is 19.9 Å². The van der Waals surface area contributed by atoms with Crippen LogP contribution in [0.5, 0.6) is 0 Å². The molecule has 3 aromatic rings. The summed E-state index contributed by atoms with van der Waals surface area (Å²) in [6.45, 7) is 4.82. The first-order valence-corrected chi connectivity index (χ1v) is 7.85. The van der Waals surface area contributed by atoms with Crippen LogP contribution in [0.3, 0.4) is 0 Å². The van der Waals surface area contributed by atoms with Crippen molar-refractivity contribution in [1.29, 1.82) is 0 Å². The molecule has 24 heavy (non-hydrogen) atoms. The van der Waals surface area contributed by atoms with Gasteiger partial charge in [0.1, 0.15) is 0 Å². The second-order valence-electron chi connectivity index (χ2n) is 5.57. The Bertz CT molecular complexity index is 852. The van der Waals surface area contributed by atoms with E-state index in [-0.39, 0.29) is 6.61 Å². The molecule has 1 aromatic carbocycles. The smallest absolute Gasteiger partial charge is 0.226 e. The van der Waals surface area contributed by atoms with E-state index in [0.29, 0.717) is 35.9 Å². The zero-order valence-corrected chi connectivity index (χ0v) is 13.7. The first-order chi connectivity index (χ1) is 11.7. The standard InChI is InChI=1S/C17H20N6O/c1-11-4-5-13(12(2)10-11)21-16-14-15(19-8-7-18-14)22-17(23-16)20-6-3-9-24/h4-5,7-8,10,24H,3,6,9H2,1-2H3,(H2,19,20,21,22,23). The van der Waals surface area contributed by atoms with Gasteiger partial charge in [-0.3, -0.25) is 0 Å². The fourth-order valence-electron chi connectivity index (χ4n) is 2.39. The lowest BCUT2D eigenvalue weighted by molar-refractivity contribution is 0.292. The Morgan fingerprint density at radius 1 is 1.08 bits per heavy atom. The molecule has 7 nitrogen and oxygen atoms in total. The number of nitrogens with one attached hydrogen (secondary N) is 2. The van der Waals surface area contributed by atoms with E-state index < -0.39 is 0 Å². The summed E-state index contributed by atoms with van der Waals surface area (Å²) < 4.78 is 0. The fourth-order valence-corrected chi connectivity index (χ4v) is 2.39. The van der Waals surface area contributed by atoms with Gasteiger partial charge in [0.05, 0.1) is 0 Å². The van der Waals surface area contributed by atoms with Gasteiger partial charge in [0.2, 0.25) is 5.95 Å². The van der Waals surface area contributed by atoms with Crippen LogP contribution in [0, 0.1) is 13.8 Å². The molecule has 2 aromatic heterocycles. The minimum Gasteiger partial charge on any atom is -0.396 e. The van der Waals surface area contributed by atoms with Gasteiger partial charge < -0.3 is 15.7 Å². The Balaban J connectivity index is 1.98. The third-order valence-corrected chi connectivity index (χ3v) is 3.59. The lowest BCUT2D eigenvalue weighted by atomic mass is 10.1. The van der Waals surface area contributed by atoms with Gasteiger partial charge in [-0.2, -0.15) is 9.97 Å². The van der Waals surface area contributed by atoms with Crippen LogP contribution < -0.4 is 10.6 Å². The number of fused-ring (bicyclic) bond motifs is 1. The molecule has 7 heteroatoms. The van der Waals surface area contributed by atoms with Gasteiger partial charge in [0, 0.05) is 31.2 Å². The van der Waals surface area contributed by atoms with Crippen molar-refractivity contribution >= 4 is 28.6 Å². The molecule has 0 aliphatic rings. The molecule has 0 aliphatic heterocycles.